The Morgan fingerprint density at radius 3 is 2.91 bits per heavy atom. The third-order valence-corrected chi connectivity index (χ3v) is 4.39. The number of carbonyl (C=O) groups excluding carboxylic acids is 1. The Balaban J connectivity index is 1.80. The first kappa shape index (κ1) is 16.5. The first-order valence-electron chi connectivity index (χ1n) is 6.87. The molecule has 0 aliphatic heterocycles. The second-order valence-corrected chi connectivity index (χ2v) is 6.09. The Morgan fingerprint density at radius 2 is 2.18 bits per heavy atom. The SMILES string of the molecule is C[C@@H](NCCC(=O)Nc1sccc1C#N)c1ccccc1Cl. The summed E-state index contributed by atoms with van der Waals surface area (Å²) in [5, 5.41) is 18.0. The van der Waals surface area contributed by atoms with Crippen molar-refractivity contribution in [1.82, 2.24) is 5.32 Å². The number of hydrogen-bond donors (Lipinski definition) is 2. The number of thiophene rings is 1. The lowest BCUT2D eigenvalue weighted by atomic mass is 10.1. The van der Waals surface area contributed by atoms with Crippen molar-refractivity contribution >= 4 is 33.8 Å². The second kappa shape index (κ2) is 7.95. The van der Waals surface area contributed by atoms with E-state index < -0.39 is 0 Å². The Labute approximate surface area is 138 Å². The lowest BCUT2D eigenvalue weighted by Gasteiger charge is -2.15. The first-order chi connectivity index (χ1) is 10.6. The third-order valence-electron chi connectivity index (χ3n) is 3.21. The van der Waals surface area contributed by atoms with Gasteiger partial charge in [0.25, 0.3) is 0 Å². The summed E-state index contributed by atoms with van der Waals surface area (Å²) in [6.07, 6.45) is 0.331. The summed E-state index contributed by atoms with van der Waals surface area (Å²) in [4.78, 5) is 11.9. The van der Waals surface area contributed by atoms with Gasteiger partial charge in [-0.15, -0.1) is 11.3 Å². The van der Waals surface area contributed by atoms with Gasteiger partial charge in [-0.3, -0.25) is 4.79 Å². The highest BCUT2D eigenvalue weighted by Crippen LogP contribution is 2.23. The van der Waals surface area contributed by atoms with E-state index in [2.05, 4.69) is 10.6 Å². The van der Waals surface area contributed by atoms with Crippen LogP contribution in [0, 0.1) is 11.3 Å². The van der Waals surface area contributed by atoms with Gasteiger partial charge in [-0.1, -0.05) is 29.8 Å². The Kier molecular flexibility index (Phi) is 5.96. The van der Waals surface area contributed by atoms with Gasteiger partial charge < -0.3 is 10.6 Å². The minimum absolute atomic E-state index is 0.0675. The van der Waals surface area contributed by atoms with E-state index in [0.29, 0.717) is 28.6 Å². The van der Waals surface area contributed by atoms with E-state index in [1.165, 1.54) is 11.3 Å². The molecule has 0 radical (unpaired) electrons. The predicted octanol–water partition coefficient (Wildman–Crippen LogP) is 3.95. The van der Waals surface area contributed by atoms with Crippen molar-refractivity contribution in [3.63, 3.8) is 0 Å². The molecule has 1 heterocycles. The van der Waals surface area contributed by atoms with Crippen LogP contribution >= 0.6 is 22.9 Å². The standard InChI is InChI=1S/C16H16ClN3OS/c1-11(13-4-2-3-5-14(13)17)19-8-6-15(21)20-16-12(10-18)7-9-22-16/h2-5,7,9,11,19H,6,8H2,1H3,(H,20,21)/t11-/m1/s1. The summed E-state index contributed by atoms with van der Waals surface area (Å²) < 4.78 is 0. The Morgan fingerprint density at radius 1 is 1.41 bits per heavy atom. The van der Waals surface area contributed by atoms with Crippen molar-refractivity contribution in [2.24, 2.45) is 0 Å². The molecule has 1 atom stereocenters. The number of benzene rings is 1. The number of nitrogens with one attached hydrogen (secondary N) is 2. The molecule has 2 N–H and O–H groups in total. The van der Waals surface area contributed by atoms with E-state index in [9.17, 15) is 4.79 Å². The summed E-state index contributed by atoms with van der Waals surface area (Å²) in [5.74, 6) is -0.113. The van der Waals surface area contributed by atoms with E-state index in [-0.39, 0.29) is 11.9 Å². The number of rotatable bonds is 6. The van der Waals surface area contributed by atoms with Crippen LogP contribution in [0.15, 0.2) is 35.7 Å². The largest absolute Gasteiger partial charge is 0.317 e. The van der Waals surface area contributed by atoms with E-state index >= 15 is 0 Å². The second-order valence-electron chi connectivity index (χ2n) is 4.77. The fourth-order valence-electron chi connectivity index (χ4n) is 2.02. The molecule has 1 amide bonds. The highest BCUT2D eigenvalue weighted by atomic mass is 35.5. The average Bonchev–Trinajstić information content (AvgIpc) is 2.94. The average molecular weight is 334 g/mol. The van der Waals surface area contributed by atoms with E-state index in [0.717, 1.165) is 5.56 Å². The molecule has 6 heteroatoms. The molecule has 114 valence electrons. The van der Waals surface area contributed by atoms with Crippen LogP contribution in [0.3, 0.4) is 0 Å². The maximum atomic E-state index is 11.9. The Bertz CT molecular complexity index is 693. The zero-order valence-corrected chi connectivity index (χ0v) is 13.7. The van der Waals surface area contributed by atoms with Crippen molar-refractivity contribution in [2.45, 2.75) is 19.4 Å². The molecule has 0 saturated carbocycles. The number of hydrogen-bond acceptors (Lipinski definition) is 4. The van der Waals surface area contributed by atoms with Crippen LogP contribution in [0.2, 0.25) is 5.02 Å². The highest BCUT2D eigenvalue weighted by molar-refractivity contribution is 7.14. The topological polar surface area (TPSA) is 64.9 Å². The van der Waals surface area contributed by atoms with Gasteiger partial charge in [-0.2, -0.15) is 5.26 Å². The van der Waals surface area contributed by atoms with Crippen molar-refractivity contribution < 1.29 is 4.79 Å². The number of amides is 1. The number of carbonyl (C=O) groups is 1. The van der Waals surface area contributed by atoms with E-state index in [1.807, 2.05) is 37.3 Å². The molecule has 1 aromatic carbocycles. The Hall–Kier alpha value is -1.87. The molecular weight excluding hydrogens is 318 g/mol. The fraction of sp³-hybridized carbons (Fsp3) is 0.250. The maximum absolute atomic E-state index is 11.9. The highest BCUT2D eigenvalue weighted by Gasteiger charge is 2.11. The zero-order valence-electron chi connectivity index (χ0n) is 12.1. The van der Waals surface area contributed by atoms with Crippen LogP contribution in [-0.2, 0) is 4.79 Å². The van der Waals surface area contributed by atoms with Crippen LogP contribution in [0.1, 0.15) is 30.5 Å². The normalized spacial score (nSPS) is 11.7. The summed E-state index contributed by atoms with van der Waals surface area (Å²) in [6, 6.07) is 11.4. The van der Waals surface area contributed by atoms with E-state index in [1.54, 1.807) is 11.4 Å². The van der Waals surface area contributed by atoms with E-state index in [4.69, 9.17) is 16.9 Å². The first-order valence-corrected chi connectivity index (χ1v) is 8.13. The molecule has 4 nitrogen and oxygen atoms in total. The lowest BCUT2D eigenvalue weighted by molar-refractivity contribution is -0.116. The van der Waals surface area contributed by atoms with Gasteiger partial charge in [-0.25, -0.2) is 0 Å². The monoisotopic (exact) mass is 333 g/mol. The van der Waals surface area contributed by atoms with Gasteiger partial charge in [0.2, 0.25) is 5.91 Å². The van der Waals surface area contributed by atoms with Gasteiger partial charge in [0, 0.05) is 24.0 Å². The van der Waals surface area contributed by atoms with Crippen LogP contribution in [0.25, 0.3) is 0 Å². The lowest BCUT2D eigenvalue weighted by Crippen LogP contribution is -2.24. The molecule has 2 aromatic rings. The van der Waals surface area contributed by atoms with Gasteiger partial charge in [-0.05, 0) is 30.0 Å². The molecule has 0 aliphatic rings. The van der Waals surface area contributed by atoms with Crippen LogP contribution in [0.4, 0.5) is 5.00 Å². The minimum atomic E-state index is -0.113. The molecule has 0 unspecified atom stereocenters. The molecule has 0 spiro atoms. The minimum Gasteiger partial charge on any atom is -0.317 e. The fourth-order valence-corrected chi connectivity index (χ4v) is 3.07. The molecule has 0 saturated heterocycles. The predicted molar refractivity (Wildman–Crippen MR) is 90.2 cm³/mol. The van der Waals surface area contributed by atoms with Gasteiger partial charge in [0.15, 0.2) is 0 Å². The van der Waals surface area contributed by atoms with Crippen molar-refractivity contribution in [3.8, 4) is 6.07 Å². The quantitative estimate of drug-likeness (QED) is 0.841. The number of halogens is 1. The molecular formula is C16H16ClN3OS. The summed E-state index contributed by atoms with van der Waals surface area (Å²) in [5.41, 5.74) is 1.50. The van der Waals surface area contributed by atoms with Crippen LogP contribution in [-0.4, -0.2) is 12.5 Å². The van der Waals surface area contributed by atoms with Gasteiger partial charge in [0.05, 0.1) is 5.56 Å². The summed E-state index contributed by atoms with van der Waals surface area (Å²) in [7, 11) is 0. The maximum Gasteiger partial charge on any atom is 0.226 e. The van der Waals surface area contributed by atoms with Crippen molar-refractivity contribution in [2.75, 3.05) is 11.9 Å². The van der Waals surface area contributed by atoms with Crippen molar-refractivity contribution in [1.29, 1.82) is 5.26 Å². The molecule has 0 bridgehead atoms. The number of anilines is 1. The molecule has 1 aromatic heterocycles. The van der Waals surface area contributed by atoms with Crippen LogP contribution in [0.5, 0.6) is 0 Å². The molecule has 0 aliphatic carbocycles. The smallest absolute Gasteiger partial charge is 0.226 e. The molecule has 2 rings (SSSR count). The zero-order chi connectivity index (χ0) is 15.9. The van der Waals surface area contributed by atoms with Gasteiger partial charge in [0.1, 0.15) is 11.1 Å². The van der Waals surface area contributed by atoms with Crippen LogP contribution < -0.4 is 10.6 Å². The number of nitriles is 1. The summed E-state index contributed by atoms with van der Waals surface area (Å²) >= 11 is 7.49. The number of nitrogens with zero attached hydrogens (tertiary/aromatic N) is 1. The third kappa shape index (κ3) is 4.31. The summed E-state index contributed by atoms with van der Waals surface area (Å²) in [6.45, 7) is 2.54. The van der Waals surface area contributed by atoms with Gasteiger partial charge >= 0.3 is 0 Å². The van der Waals surface area contributed by atoms with Crippen molar-refractivity contribution in [3.05, 3.63) is 51.9 Å². The molecule has 22 heavy (non-hydrogen) atoms. The molecule has 0 fully saturated rings.